The fourth-order valence-electron chi connectivity index (χ4n) is 4.25. The Kier molecular flexibility index (Phi) is 6.30. The summed E-state index contributed by atoms with van der Waals surface area (Å²) in [5.41, 5.74) is -0.333. The molecule has 3 atom stereocenters. The van der Waals surface area contributed by atoms with E-state index in [-0.39, 0.29) is 37.5 Å². The third kappa shape index (κ3) is 5.02. The summed E-state index contributed by atoms with van der Waals surface area (Å²) in [4.78, 5) is 26.5. The van der Waals surface area contributed by atoms with Crippen molar-refractivity contribution in [3.05, 3.63) is 59.7 Å². The highest BCUT2D eigenvalue weighted by molar-refractivity contribution is 7.89. The van der Waals surface area contributed by atoms with E-state index in [0.29, 0.717) is 6.07 Å². The Hall–Kier alpha value is -3.12. The van der Waals surface area contributed by atoms with Gasteiger partial charge in [-0.15, -0.1) is 0 Å². The molecule has 2 saturated heterocycles. The molecule has 0 spiro atoms. The zero-order valence-electron chi connectivity index (χ0n) is 17.7. The molecule has 0 aliphatic carbocycles. The Labute approximate surface area is 193 Å². The molecule has 0 aromatic heterocycles. The van der Waals surface area contributed by atoms with Gasteiger partial charge in [0, 0.05) is 19.0 Å². The number of piperidine rings is 1. The molecule has 2 fully saturated rings. The van der Waals surface area contributed by atoms with E-state index in [1.807, 2.05) is 0 Å². The molecule has 2 aliphatic heterocycles. The number of carbonyl (C=O) groups excluding carboxylic acids is 2. The van der Waals surface area contributed by atoms with Gasteiger partial charge in [-0.2, -0.15) is 13.2 Å². The van der Waals surface area contributed by atoms with Gasteiger partial charge in [-0.1, -0.05) is 18.2 Å². The first-order valence-corrected chi connectivity index (χ1v) is 12.0. The maximum Gasteiger partial charge on any atom is 0.416 e. The van der Waals surface area contributed by atoms with Crippen molar-refractivity contribution in [3.8, 4) is 5.75 Å². The van der Waals surface area contributed by atoms with Crippen molar-refractivity contribution in [1.82, 2.24) is 14.9 Å². The third-order valence-electron chi connectivity index (χ3n) is 5.97. The molecule has 2 aromatic rings. The lowest BCUT2D eigenvalue weighted by Gasteiger charge is -2.44. The minimum Gasteiger partial charge on any atom is -0.508 e. The van der Waals surface area contributed by atoms with E-state index in [9.17, 15) is 36.3 Å². The lowest BCUT2D eigenvalue weighted by molar-refractivity contribution is -0.151. The quantitative estimate of drug-likeness (QED) is 0.583. The molecule has 182 valence electrons. The minimum atomic E-state index is -4.69. The van der Waals surface area contributed by atoms with Crippen LogP contribution in [0.5, 0.6) is 5.75 Å². The van der Waals surface area contributed by atoms with Gasteiger partial charge in [0.25, 0.3) is 0 Å². The number of sulfonamides is 1. The summed E-state index contributed by atoms with van der Waals surface area (Å²) in [5.74, 6) is -0.638. The van der Waals surface area contributed by atoms with E-state index < -0.39 is 50.7 Å². The van der Waals surface area contributed by atoms with E-state index in [4.69, 9.17) is 0 Å². The lowest BCUT2D eigenvalue weighted by Crippen LogP contribution is -2.67. The molecule has 3 N–H and O–H groups in total. The first-order chi connectivity index (χ1) is 15.9. The molecule has 2 aliphatic rings. The Morgan fingerprint density at radius 2 is 1.82 bits per heavy atom. The number of phenolic OH excluding ortho intramolecular Hbond substituents is 1. The summed E-state index contributed by atoms with van der Waals surface area (Å²) in [6.07, 6.45) is -4.24. The zero-order valence-corrected chi connectivity index (χ0v) is 18.6. The first-order valence-electron chi connectivity index (χ1n) is 10.5. The van der Waals surface area contributed by atoms with Crippen LogP contribution in [-0.4, -0.2) is 54.9 Å². The minimum absolute atomic E-state index is 0.00168. The van der Waals surface area contributed by atoms with Crippen molar-refractivity contribution < 1.29 is 36.3 Å². The van der Waals surface area contributed by atoms with Gasteiger partial charge in [0.05, 0.1) is 10.5 Å². The molecule has 2 heterocycles. The molecule has 3 unspecified atom stereocenters. The highest BCUT2D eigenvalue weighted by Gasteiger charge is 2.44. The van der Waals surface area contributed by atoms with Gasteiger partial charge in [0.2, 0.25) is 21.8 Å². The van der Waals surface area contributed by atoms with E-state index in [1.54, 1.807) is 12.1 Å². The highest BCUT2D eigenvalue weighted by Crippen LogP contribution is 2.31. The zero-order chi connectivity index (χ0) is 24.7. The molecule has 0 radical (unpaired) electrons. The lowest BCUT2D eigenvalue weighted by atomic mass is 9.92. The molecule has 2 aromatic carbocycles. The number of hydrogen-bond donors (Lipinski definition) is 3. The Bertz CT molecular complexity index is 1200. The number of nitrogens with one attached hydrogen (secondary N) is 2. The van der Waals surface area contributed by atoms with Gasteiger partial charge < -0.3 is 15.3 Å². The van der Waals surface area contributed by atoms with Crippen molar-refractivity contribution in [3.63, 3.8) is 0 Å². The molecule has 34 heavy (non-hydrogen) atoms. The van der Waals surface area contributed by atoms with Crippen LogP contribution in [0.2, 0.25) is 0 Å². The van der Waals surface area contributed by atoms with Gasteiger partial charge in [-0.25, -0.2) is 13.1 Å². The predicted octanol–water partition coefficient (Wildman–Crippen LogP) is 1.79. The number of nitrogens with zero attached hydrogens (tertiary/aromatic N) is 1. The third-order valence-corrected chi connectivity index (χ3v) is 7.49. The van der Waals surface area contributed by atoms with E-state index in [0.717, 1.165) is 23.8 Å². The summed E-state index contributed by atoms with van der Waals surface area (Å²) < 4.78 is 66.6. The number of hydrogen-bond acceptors (Lipinski definition) is 5. The predicted molar refractivity (Wildman–Crippen MR) is 114 cm³/mol. The van der Waals surface area contributed by atoms with E-state index in [1.165, 1.54) is 17.0 Å². The highest BCUT2D eigenvalue weighted by atomic mass is 32.2. The normalized spacial score (nSPS) is 23.4. The molecule has 12 heteroatoms. The van der Waals surface area contributed by atoms with Crippen LogP contribution in [0.3, 0.4) is 0 Å². The number of alkyl halides is 3. The largest absolute Gasteiger partial charge is 0.508 e. The molecule has 8 nitrogen and oxygen atoms in total. The maximum atomic E-state index is 13.0. The van der Waals surface area contributed by atoms with E-state index in [2.05, 4.69) is 10.0 Å². The number of amides is 2. The summed E-state index contributed by atoms with van der Waals surface area (Å²) in [5, 5.41) is 12.1. The number of phenols is 1. The van der Waals surface area contributed by atoms with Gasteiger partial charge in [0.1, 0.15) is 17.8 Å². The Morgan fingerprint density at radius 3 is 2.50 bits per heavy atom. The van der Waals surface area contributed by atoms with Crippen LogP contribution in [0, 0.1) is 0 Å². The molecular weight excluding hydrogens is 475 g/mol. The molecular formula is C22H22F3N3O5S. The standard InChI is InChI=1S/C22H22F3N3O5S/c23-22(24,25)14-2-1-3-17(11-14)34(32,33)27-15-8-9-28-19(12-15)20(30)26-18(21(28)31)10-13-4-6-16(29)7-5-13/h1-7,11,15,18-19,27,29H,8-10,12H2,(H,26,30). The van der Waals surface area contributed by atoms with Crippen molar-refractivity contribution in [1.29, 1.82) is 0 Å². The number of halogens is 3. The average molecular weight is 497 g/mol. The van der Waals surface area contributed by atoms with Crippen molar-refractivity contribution in [2.45, 2.75) is 48.5 Å². The number of benzene rings is 2. The van der Waals surface area contributed by atoms with Crippen LogP contribution >= 0.6 is 0 Å². The second-order valence-electron chi connectivity index (χ2n) is 8.35. The van der Waals surface area contributed by atoms with E-state index >= 15 is 0 Å². The Morgan fingerprint density at radius 1 is 1.12 bits per heavy atom. The fourth-order valence-corrected chi connectivity index (χ4v) is 5.58. The topological polar surface area (TPSA) is 116 Å². The fraction of sp³-hybridized carbons (Fsp3) is 0.364. The van der Waals surface area contributed by atoms with Crippen molar-refractivity contribution >= 4 is 21.8 Å². The molecule has 4 rings (SSSR count). The number of rotatable bonds is 5. The monoisotopic (exact) mass is 497 g/mol. The van der Waals surface area contributed by atoms with Crippen LogP contribution in [0.15, 0.2) is 53.4 Å². The van der Waals surface area contributed by atoms with Crippen molar-refractivity contribution in [2.24, 2.45) is 0 Å². The van der Waals surface area contributed by atoms with Crippen molar-refractivity contribution in [2.75, 3.05) is 6.54 Å². The molecule has 0 bridgehead atoms. The van der Waals surface area contributed by atoms with Gasteiger partial charge in [-0.3, -0.25) is 9.59 Å². The second kappa shape index (κ2) is 8.91. The number of piperazine rings is 1. The summed E-state index contributed by atoms with van der Waals surface area (Å²) >= 11 is 0. The molecule has 0 saturated carbocycles. The summed E-state index contributed by atoms with van der Waals surface area (Å²) in [6, 6.07) is 7.28. The summed E-state index contributed by atoms with van der Waals surface area (Å²) in [7, 11) is -4.27. The van der Waals surface area contributed by atoms with Crippen LogP contribution in [0.25, 0.3) is 0 Å². The number of fused-ring (bicyclic) bond motifs is 1. The number of carbonyl (C=O) groups is 2. The SMILES string of the molecule is O=C1NC(Cc2ccc(O)cc2)C(=O)N2CCC(NS(=O)(=O)c3cccc(C(F)(F)F)c3)CC12. The smallest absolute Gasteiger partial charge is 0.416 e. The Balaban J connectivity index is 1.43. The summed E-state index contributed by atoms with van der Waals surface area (Å²) in [6.45, 7) is 0.124. The first kappa shape index (κ1) is 24.0. The van der Waals surface area contributed by atoms with Crippen LogP contribution in [0.4, 0.5) is 13.2 Å². The number of aromatic hydroxyl groups is 1. The van der Waals surface area contributed by atoms with Gasteiger partial charge in [0.15, 0.2) is 0 Å². The van der Waals surface area contributed by atoms with Gasteiger partial charge >= 0.3 is 6.18 Å². The van der Waals surface area contributed by atoms with Crippen LogP contribution in [0.1, 0.15) is 24.0 Å². The molecule has 2 amide bonds. The maximum absolute atomic E-state index is 13.0. The second-order valence-corrected chi connectivity index (χ2v) is 10.1. The van der Waals surface area contributed by atoms with Crippen LogP contribution < -0.4 is 10.0 Å². The van der Waals surface area contributed by atoms with Crippen LogP contribution in [-0.2, 0) is 32.2 Å². The van der Waals surface area contributed by atoms with Gasteiger partial charge in [-0.05, 0) is 48.7 Å². The average Bonchev–Trinajstić information content (AvgIpc) is 2.78.